The molecule has 0 unspecified atom stereocenters. The number of aryl methyl sites for hydroxylation is 2. The van der Waals surface area contributed by atoms with Crippen LogP contribution >= 0.6 is 0 Å². The summed E-state index contributed by atoms with van der Waals surface area (Å²) in [4.78, 5) is 13.0. The molecular weight excluding hydrogens is 250 g/mol. The number of carbonyl (C=O) groups is 1. The molecule has 0 atom stereocenters. The van der Waals surface area contributed by atoms with E-state index < -0.39 is 5.97 Å². The van der Waals surface area contributed by atoms with E-state index in [2.05, 4.69) is 23.1 Å². The molecule has 0 aromatic heterocycles. The van der Waals surface area contributed by atoms with E-state index in [0.717, 1.165) is 17.8 Å². The highest BCUT2D eigenvalue weighted by Crippen LogP contribution is 2.29. The van der Waals surface area contributed by atoms with Crippen molar-refractivity contribution in [3.8, 4) is 0 Å². The van der Waals surface area contributed by atoms with Crippen molar-refractivity contribution in [2.45, 2.75) is 19.3 Å². The Labute approximate surface area is 118 Å². The van der Waals surface area contributed by atoms with Crippen molar-refractivity contribution in [3.05, 3.63) is 59.2 Å². The van der Waals surface area contributed by atoms with Crippen LogP contribution in [0.2, 0.25) is 0 Å². The van der Waals surface area contributed by atoms with Gasteiger partial charge in [-0.2, -0.15) is 0 Å². The number of nitrogens with zero attached hydrogens (tertiary/aromatic N) is 1. The second-order valence-corrected chi connectivity index (χ2v) is 5.22. The highest BCUT2D eigenvalue weighted by Gasteiger charge is 2.13. The molecular formula is C17H17NO2. The van der Waals surface area contributed by atoms with Gasteiger partial charge in [0, 0.05) is 18.4 Å². The lowest BCUT2D eigenvalue weighted by Gasteiger charge is -2.20. The largest absolute Gasteiger partial charge is 0.478 e. The Morgan fingerprint density at radius 2 is 1.65 bits per heavy atom. The van der Waals surface area contributed by atoms with E-state index in [1.807, 2.05) is 19.2 Å². The van der Waals surface area contributed by atoms with Crippen molar-refractivity contribution < 1.29 is 9.90 Å². The fraction of sp³-hybridized carbons (Fsp3) is 0.235. The predicted molar refractivity (Wildman–Crippen MR) is 79.9 cm³/mol. The third-order valence-corrected chi connectivity index (χ3v) is 3.97. The topological polar surface area (TPSA) is 40.5 Å². The number of anilines is 2. The molecule has 0 aliphatic heterocycles. The zero-order valence-electron chi connectivity index (χ0n) is 11.5. The summed E-state index contributed by atoms with van der Waals surface area (Å²) in [6, 6.07) is 13.6. The van der Waals surface area contributed by atoms with Crippen LogP contribution in [0.4, 0.5) is 11.4 Å². The molecule has 1 aliphatic carbocycles. The van der Waals surface area contributed by atoms with Crippen molar-refractivity contribution >= 4 is 17.3 Å². The zero-order valence-corrected chi connectivity index (χ0v) is 11.5. The van der Waals surface area contributed by atoms with Crippen molar-refractivity contribution in [1.29, 1.82) is 0 Å². The minimum Gasteiger partial charge on any atom is -0.478 e. The maximum absolute atomic E-state index is 10.9. The maximum Gasteiger partial charge on any atom is 0.335 e. The van der Waals surface area contributed by atoms with Crippen LogP contribution in [0.1, 0.15) is 27.9 Å². The molecule has 1 N–H and O–H groups in total. The number of rotatable bonds is 3. The molecule has 0 saturated heterocycles. The number of benzene rings is 2. The van der Waals surface area contributed by atoms with E-state index in [-0.39, 0.29) is 0 Å². The molecule has 2 aromatic carbocycles. The summed E-state index contributed by atoms with van der Waals surface area (Å²) in [5, 5.41) is 8.92. The van der Waals surface area contributed by atoms with Crippen LogP contribution in [0.25, 0.3) is 0 Å². The average molecular weight is 267 g/mol. The van der Waals surface area contributed by atoms with E-state index in [4.69, 9.17) is 5.11 Å². The van der Waals surface area contributed by atoms with Gasteiger partial charge in [0.05, 0.1) is 5.56 Å². The highest BCUT2D eigenvalue weighted by atomic mass is 16.4. The Morgan fingerprint density at radius 1 is 1.00 bits per heavy atom. The minimum atomic E-state index is -0.892. The molecule has 0 radical (unpaired) electrons. The van der Waals surface area contributed by atoms with Crippen LogP contribution in [0.15, 0.2) is 42.5 Å². The van der Waals surface area contributed by atoms with E-state index in [0.29, 0.717) is 5.56 Å². The molecule has 0 saturated carbocycles. The number of carboxylic acids is 1. The molecule has 1 aliphatic rings. The molecule has 102 valence electrons. The molecule has 3 rings (SSSR count). The van der Waals surface area contributed by atoms with E-state index in [9.17, 15) is 4.79 Å². The van der Waals surface area contributed by atoms with E-state index >= 15 is 0 Å². The van der Waals surface area contributed by atoms with Gasteiger partial charge in [-0.15, -0.1) is 0 Å². The monoisotopic (exact) mass is 267 g/mol. The minimum absolute atomic E-state index is 0.316. The Balaban J connectivity index is 1.88. The molecule has 3 nitrogen and oxygen atoms in total. The molecule has 0 amide bonds. The second-order valence-electron chi connectivity index (χ2n) is 5.22. The SMILES string of the molecule is CN(c1ccc(C(=O)O)cc1)c1ccc2c(c1)CCC2. The first kappa shape index (κ1) is 12.7. The average Bonchev–Trinajstić information content (AvgIpc) is 2.94. The van der Waals surface area contributed by atoms with Crippen LogP contribution in [-0.4, -0.2) is 18.1 Å². The van der Waals surface area contributed by atoms with Gasteiger partial charge in [0.15, 0.2) is 0 Å². The molecule has 0 spiro atoms. The number of hydrogen-bond acceptors (Lipinski definition) is 2. The zero-order chi connectivity index (χ0) is 14.1. The maximum atomic E-state index is 10.9. The summed E-state index contributed by atoms with van der Waals surface area (Å²) in [6.07, 6.45) is 3.59. The Bertz CT molecular complexity index is 647. The lowest BCUT2D eigenvalue weighted by Crippen LogP contribution is -2.10. The first-order valence-electron chi connectivity index (χ1n) is 6.84. The Kier molecular flexibility index (Phi) is 3.18. The lowest BCUT2D eigenvalue weighted by atomic mass is 10.1. The smallest absolute Gasteiger partial charge is 0.335 e. The summed E-state index contributed by atoms with van der Waals surface area (Å²) < 4.78 is 0. The van der Waals surface area contributed by atoms with Crippen molar-refractivity contribution in [2.24, 2.45) is 0 Å². The molecule has 0 bridgehead atoms. The second kappa shape index (κ2) is 5.00. The quantitative estimate of drug-likeness (QED) is 0.923. The third-order valence-electron chi connectivity index (χ3n) is 3.97. The van der Waals surface area contributed by atoms with Gasteiger partial charge in [0.25, 0.3) is 0 Å². The summed E-state index contributed by atoms with van der Waals surface area (Å²) in [5.74, 6) is -0.892. The normalized spacial score (nSPS) is 13.1. The lowest BCUT2D eigenvalue weighted by molar-refractivity contribution is 0.0697. The van der Waals surface area contributed by atoms with Gasteiger partial charge in [-0.3, -0.25) is 0 Å². The van der Waals surface area contributed by atoms with Gasteiger partial charge in [-0.25, -0.2) is 4.79 Å². The van der Waals surface area contributed by atoms with Crippen LogP contribution in [0, 0.1) is 0 Å². The fourth-order valence-corrected chi connectivity index (χ4v) is 2.74. The van der Waals surface area contributed by atoms with Gasteiger partial charge in [-0.1, -0.05) is 6.07 Å². The Hall–Kier alpha value is -2.29. The van der Waals surface area contributed by atoms with E-state index in [1.54, 1.807) is 12.1 Å². The number of aromatic carboxylic acids is 1. The number of hydrogen-bond donors (Lipinski definition) is 1. The molecule has 3 heteroatoms. The summed E-state index contributed by atoms with van der Waals surface area (Å²) in [7, 11) is 2.01. The van der Waals surface area contributed by atoms with Gasteiger partial charge < -0.3 is 10.0 Å². The Morgan fingerprint density at radius 3 is 2.35 bits per heavy atom. The first-order valence-corrected chi connectivity index (χ1v) is 6.84. The number of fused-ring (bicyclic) bond motifs is 1. The van der Waals surface area contributed by atoms with Crippen LogP contribution in [0.3, 0.4) is 0 Å². The third kappa shape index (κ3) is 2.27. The molecule has 20 heavy (non-hydrogen) atoms. The van der Waals surface area contributed by atoms with Crippen LogP contribution in [-0.2, 0) is 12.8 Å². The van der Waals surface area contributed by atoms with Crippen LogP contribution < -0.4 is 4.90 Å². The van der Waals surface area contributed by atoms with Crippen molar-refractivity contribution in [3.63, 3.8) is 0 Å². The molecule has 0 fully saturated rings. The van der Waals surface area contributed by atoms with Crippen molar-refractivity contribution in [1.82, 2.24) is 0 Å². The van der Waals surface area contributed by atoms with Gasteiger partial charge in [0.1, 0.15) is 0 Å². The molecule has 2 aromatic rings. The van der Waals surface area contributed by atoms with Gasteiger partial charge in [-0.05, 0) is 66.8 Å². The molecule has 0 heterocycles. The van der Waals surface area contributed by atoms with E-state index in [1.165, 1.54) is 24.0 Å². The number of carboxylic acid groups (broad SMARTS) is 1. The first-order chi connectivity index (χ1) is 9.65. The standard InChI is InChI=1S/C17H17NO2/c1-18(15-8-6-13(7-9-15)17(19)20)16-10-5-12-3-2-4-14(12)11-16/h5-11H,2-4H2,1H3,(H,19,20). The van der Waals surface area contributed by atoms with Gasteiger partial charge in [0.2, 0.25) is 0 Å². The van der Waals surface area contributed by atoms with Gasteiger partial charge >= 0.3 is 5.97 Å². The summed E-state index contributed by atoms with van der Waals surface area (Å²) in [6.45, 7) is 0. The van der Waals surface area contributed by atoms with Crippen molar-refractivity contribution in [2.75, 3.05) is 11.9 Å². The highest BCUT2D eigenvalue weighted by molar-refractivity contribution is 5.88. The predicted octanol–water partition coefficient (Wildman–Crippen LogP) is 3.64. The fourth-order valence-electron chi connectivity index (χ4n) is 2.74. The summed E-state index contributed by atoms with van der Waals surface area (Å²) >= 11 is 0. The van der Waals surface area contributed by atoms with Crippen LogP contribution in [0.5, 0.6) is 0 Å². The summed E-state index contributed by atoms with van der Waals surface area (Å²) in [5.41, 5.74) is 5.36.